The van der Waals surface area contributed by atoms with Gasteiger partial charge in [-0.2, -0.15) is 0 Å². The van der Waals surface area contributed by atoms with Crippen LogP contribution in [0.25, 0.3) is 0 Å². The molecule has 0 radical (unpaired) electrons. The van der Waals surface area contributed by atoms with Gasteiger partial charge < -0.3 is 248 Å². The van der Waals surface area contributed by atoms with Crippen LogP contribution in [-0.2, 0) is 85.3 Å². The molecule has 37 N–H and O–H groups in total. The molecule has 10 aliphatic rings. The Morgan fingerprint density at radius 3 is 0.812 bits per heavy atom. The average Bonchev–Trinajstić information content (AvgIpc) is 0.809. The lowest BCUT2D eigenvalue weighted by molar-refractivity contribution is -0.372. The van der Waals surface area contributed by atoms with E-state index in [-0.39, 0.29) is 0 Å². The van der Waals surface area contributed by atoms with Crippen molar-refractivity contribution in [1.82, 2.24) is 15.1 Å². The summed E-state index contributed by atoms with van der Waals surface area (Å²) in [5.41, 5.74) is 50.2. The fourth-order valence-electron chi connectivity index (χ4n) is 14.5. The molecule has 0 aromatic rings. The largest absolute Gasteiger partial charge is 0.453 e. The van der Waals surface area contributed by atoms with Gasteiger partial charge in [-0.25, -0.2) is 4.79 Å². The van der Waals surface area contributed by atoms with E-state index < -0.39 is 341 Å². The Bertz CT molecular complexity index is 2860. The number of carbonyl (C=O) groups excluding carboxylic acids is 1. The third kappa shape index (κ3) is 20.1. The van der Waals surface area contributed by atoms with Crippen LogP contribution < -0.4 is 51.2 Å². The highest BCUT2D eigenvalue weighted by Crippen LogP contribution is 2.39. The maximum Gasteiger partial charge on any atom is 0.407 e. The van der Waals surface area contributed by atoms with Crippen LogP contribution in [0, 0.1) is 0 Å². The van der Waals surface area contributed by atoms with E-state index in [4.69, 9.17) is 131 Å². The Hall–Kier alpha value is -3.19. The van der Waals surface area contributed by atoms with Gasteiger partial charge >= 0.3 is 6.09 Å². The van der Waals surface area contributed by atoms with E-state index in [0.717, 1.165) is 20.3 Å². The number of amides is 1. The Labute approximate surface area is 639 Å². The first kappa shape index (κ1) is 92.7. The summed E-state index contributed by atoms with van der Waals surface area (Å²) in [4.78, 5) is 17.2. The third-order valence-electron chi connectivity index (χ3n) is 21.2. The first-order valence-electron chi connectivity index (χ1n) is 36.3. The molecule has 10 aliphatic heterocycles. The molecule has 0 spiro atoms. The van der Waals surface area contributed by atoms with Crippen LogP contribution in [-0.4, -0.2) is 481 Å². The number of aliphatic hydroxyl groups excluding tert-OH is 20. The molecule has 0 saturated carbocycles. The van der Waals surface area contributed by atoms with Crippen LogP contribution >= 0.6 is 0 Å². The van der Waals surface area contributed by atoms with E-state index in [2.05, 4.69) is 41.5 Å². The molecule has 0 aliphatic carbocycles. The van der Waals surface area contributed by atoms with Gasteiger partial charge in [0.2, 0.25) is 0 Å². The van der Waals surface area contributed by atoms with Crippen LogP contribution in [0.1, 0.15) is 6.92 Å². The van der Waals surface area contributed by atoms with Crippen LogP contribution in [0.4, 0.5) is 4.79 Å². The van der Waals surface area contributed by atoms with E-state index in [1.807, 2.05) is 0 Å². The summed E-state index contributed by atoms with van der Waals surface area (Å²) in [6.45, 7) is -3.92. The van der Waals surface area contributed by atoms with E-state index in [1.165, 1.54) is 0 Å². The highest BCUT2D eigenvalue weighted by molar-refractivity contribution is 5.67. The van der Waals surface area contributed by atoms with Crippen molar-refractivity contribution < 1.29 is 192 Å². The molecule has 10 rings (SSSR count). The van der Waals surface area contributed by atoms with Crippen molar-refractivity contribution in [2.45, 2.75) is 283 Å². The lowest BCUT2D eigenvalue weighted by Crippen LogP contribution is -2.71. The molecule has 112 heavy (non-hydrogen) atoms. The number of hydrogen-bond donors (Lipinski definition) is 29. The molecular formula is C62H115N11O39. The first-order chi connectivity index (χ1) is 53.2. The van der Waals surface area contributed by atoms with Crippen LogP contribution in [0.15, 0.2) is 12.4 Å². The molecule has 50 nitrogen and oxygen atoms in total. The van der Waals surface area contributed by atoms with Crippen molar-refractivity contribution in [3.8, 4) is 0 Å². The lowest BCUT2D eigenvalue weighted by atomic mass is 9.93. The zero-order chi connectivity index (χ0) is 82.3. The standard InChI is InChI=1S/C56H103N9O39.C6H12N2/c1-87-56(86)65-28-38(84)46(19(10-74)96-55(28)104-45-18(9-73)95-49(27(64)37(45)83)97-39-12(3-67)88-47(85)20(57)31(39)77)103-54-26(63)36(82)44(17(8-72)94-54)102-53-25(62)35(81)43(16(7-71)93-53)101-52-24(61)34(80)42(15(6-70)92-52)100-51-23(60)33(79)41(14(5-69)91-51)99-50-22(59)32(78)40(13(4-68)90-50)98-48-21(58)30(76)29(75)11(2-66)89-48;1-3-8-5-4-7(2)6-8/h11-55,66-85H,2-10,57-64H2,1H3,(H,65,86);4-5H,3,6H2,1-2H3/t11-,12-,13-,14-,15-,16-,17-,18-,19-,20-,21-,22-,23-,24-,25-,26-,27-,28-,29-,30-,31-,32-,33-,34-,35-,36-,37-,38-,39-,40-,41-,42-,43-,44-,45-,46-,47-,48+,49+,50+,51+,52+,53+,54+,55+;/m1./s1. The second-order valence-electron chi connectivity index (χ2n) is 28.6. The van der Waals surface area contributed by atoms with Crippen LogP contribution in [0.5, 0.6) is 0 Å². The topological polar surface area (TPSA) is 814 Å². The van der Waals surface area contributed by atoms with Gasteiger partial charge in [-0.1, -0.05) is 0 Å². The normalized spacial score (nSPS) is 49.5. The SMILES string of the molecule is CCN1C=CN(C)C1.COC(=O)N[C@H]1[C@H](O[C@H]2[C@H](O)[C@@H](N)[C@H](O[C@H]3[C@H](O)[C@@H](N)[C@H](O)O[C@@H]3CO)O[C@@H]2CO)O[C@H](CO)[C@@H](O[C@@H]2O[C@H](CO)[C@@H](O[C@@H]3O[C@H](CO)[C@@H](O[C@@H]4O[C@H](CO)[C@@H](O[C@@H]5O[C@H](CO)[C@@H](O[C@@H]6O[C@H](CO)[C@@H](O[C@@H]7O[C@H](CO)[C@@H](O)[C@H](O)[C@H]7N)[C@H](O)[C@H]6N)[C@H](O)[C@H]5N)[C@H](O)[C@H]4N)[C@H](O)[C@H]3N)[C@H](O)[C@H]2N)[C@@H]1O. The number of aliphatic hydroxyl groups is 20. The third-order valence-corrected chi connectivity index (χ3v) is 21.2. The molecule has 9 saturated heterocycles. The molecule has 0 aromatic heterocycles. The zero-order valence-electron chi connectivity index (χ0n) is 61.1. The van der Waals surface area contributed by atoms with E-state index in [9.17, 15) is 107 Å². The Kier molecular flexibility index (Phi) is 34.1. The van der Waals surface area contributed by atoms with Crippen molar-refractivity contribution >= 4 is 6.09 Å². The summed E-state index contributed by atoms with van der Waals surface area (Å²) < 4.78 is 104. The number of nitrogens with one attached hydrogen (secondary N) is 1. The summed E-state index contributed by atoms with van der Waals surface area (Å²) in [6.07, 6.45) is -58.4. The molecule has 50 heteroatoms. The predicted octanol–water partition coefficient (Wildman–Crippen LogP) is -19.9. The van der Waals surface area contributed by atoms with E-state index in [0.29, 0.717) is 0 Å². The second-order valence-corrected chi connectivity index (χ2v) is 28.6. The van der Waals surface area contributed by atoms with Gasteiger partial charge in [0.1, 0.15) is 171 Å². The molecule has 0 unspecified atom stereocenters. The number of nitrogens with two attached hydrogens (primary N) is 8. The number of nitrogens with zero attached hydrogens (tertiary/aromatic N) is 2. The van der Waals surface area contributed by atoms with Gasteiger partial charge in [-0.15, -0.1) is 0 Å². The maximum atomic E-state index is 12.8. The molecule has 10 heterocycles. The number of methoxy groups -OCH3 is 1. The Balaban J connectivity index is 0.00000169. The summed E-state index contributed by atoms with van der Waals surface area (Å²) >= 11 is 0. The van der Waals surface area contributed by atoms with Gasteiger partial charge in [0.25, 0.3) is 0 Å². The van der Waals surface area contributed by atoms with Crippen LogP contribution in [0.2, 0.25) is 0 Å². The first-order valence-corrected chi connectivity index (χ1v) is 36.3. The smallest absolute Gasteiger partial charge is 0.407 e. The van der Waals surface area contributed by atoms with E-state index >= 15 is 0 Å². The fourth-order valence-corrected chi connectivity index (χ4v) is 14.5. The number of alkyl carbamates (subject to hydrolysis) is 1. The van der Waals surface area contributed by atoms with Gasteiger partial charge in [-0.3, -0.25) is 0 Å². The average molecular weight is 1640 g/mol. The minimum absolute atomic E-state index is 0.762. The zero-order valence-corrected chi connectivity index (χ0v) is 61.1. The van der Waals surface area contributed by atoms with Gasteiger partial charge in [0, 0.05) is 26.0 Å². The van der Waals surface area contributed by atoms with E-state index in [1.54, 1.807) is 0 Å². The second kappa shape index (κ2) is 41.2. The number of rotatable bonds is 27. The highest BCUT2D eigenvalue weighted by Gasteiger charge is 2.60. The quantitative estimate of drug-likeness (QED) is 0.0363. The summed E-state index contributed by atoms with van der Waals surface area (Å²) in [5.74, 6) is 0. The predicted molar refractivity (Wildman–Crippen MR) is 360 cm³/mol. The monoisotopic (exact) mass is 1640 g/mol. The number of ether oxygens (including phenoxy) is 18. The number of carbonyl (C=O) groups is 1. The summed E-state index contributed by atoms with van der Waals surface area (Å²) in [7, 11) is 3.03. The summed E-state index contributed by atoms with van der Waals surface area (Å²) in [5, 5.41) is 219. The molecule has 0 bridgehead atoms. The molecular weight excluding hydrogens is 1520 g/mol. The van der Waals surface area contributed by atoms with Gasteiger partial charge in [0.15, 0.2) is 56.6 Å². The van der Waals surface area contributed by atoms with Gasteiger partial charge in [-0.05, 0) is 6.92 Å². The Morgan fingerprint density at radius 2 is 0.571 bits per heavy atom. The van der Waals surface area contributed by atoms with Crippen molar-refractivity contribution in [3.63, 3.8) is 0 Å². The number of hydrogen-bond acceptors (Lipinski definition) is 49. The summed E-state index contributed by atoms with van der Waals surface area (Å²) in [6, 6.07) is -14.6. The molecule has 652 valence electrons. The lowest BCUT2D eigenvalue weighted by Gasteiger charge is -2.51. The minimum atomic E-state index is -2.04. The molecule has 45 atom stereocenters. The highest BCUT2D eigenvalue weighted by atomic mass is 16.8. The fraction of sp³-hybridized carbons (Fsp3) is 0.952. The van der Waals surface area contributed by atoms with Gasteiger partial charge in [0.05, 0.1) is 122 Å². The molecule has 9 fully saturated rings. The van der Waals surface area contributed by atoms with Crippen molar-refractivity contribution in [1.29, 1.82) is 0 Å². The molecule has 0 aromatic carbocycles. The van der Waals surface area contributed by atoms with Crippen molar-refractivity contribution in [2.24, 2.45) is 45.9 Å². The Morgan fingerprint density at radius 1 is 0.339 bits per heavy atom. The minimum Gasteiger partial charge on any atom is -0.453 e. The van der Waals surface area contributed by atoms with Crippen LogP contribution in [0.3, 0.4) is 0 Å². The molecule has 1 amide bonds. The van der Waals surface area contributed by atoms with Crippen molar-refractivity contribution in [3.05, 3.63) is 12.4 Å². The van der Waals surface area contributed by atoms with Crippen molar-refractivity contribution in [2.75, 3.05) is 86.8 Å². The maximum absolute atomic E-state index is 12.8.